The summed E-state index contributed by atoms with van der Waals surface area (Å²) in [7, 11) is -3.50. The molecule has 1 unspecified atom stereocenters. The van der Waals surface area contributed by atoms with Gasteiger partial charge in [-0.05, 0) is 30.3 Å². The van der Waals surface area contributed by atoms with Gasteiger partial charge >= 0.3 is 0 Å². The van der Waals surface area contributed by atoms with Crippen molar-refractivity contribution in [1.29, 1.82) is 0 Å². The van der Waals surface area contributed by atoms with Crippen molar-refractivity contribution in [2.24, 2.45) is 4.99 Å². The molecule has 1 aliphatic carbocycles. The minimum atomic E-state index is -3.50. The van der Waals surface area contributed by atoms with Crippen LogP contribution in [0.4, 0.5) is 5.69 Å². The lowest BCUT2D eigenvalue weighted by molar-refractivity contribution is 0.595. The lowest BCUT2D eigenvalue weighted by atomic mass is 10.1. The van der Waals surface area contributed by atoms with Crippen molar-refractivity contribution in [1.82, 2.24) is 0 Å². The van der Waals surface area contributed by atoms with Gasteiger partial charge in [0, 0.05) is 0 Å². The van der Waals surface area contributed by atoms with Crippen molar-refractivity contribution in [3.63, 3.8) is 0 Å². The van der Waals surface area contributed by atoms with Gasteiger partial charge in [0.1, 0.15) is 5.25 Å². The summed E-state index contributed by atoms with van der Waals surface area (Å²) in [6.07, 6.45) is 6.97. The zero-order valence-electron chi connectivity index (χ0n) is 11.8. The third-order valence-electron chi connectivity index (χ3n) is 3.38. The van der Waals surface area contributed by atoms with E-state index < -0.39 is 15.1 Å². The minimum absolute atomic E-state index is 0.306. The topological polar surface area (TPSA) is 46.5 Å². The fraction of sp³-hybridized carbons (Fsp3) is 0.0556. The summed E-state index contributed by atoms with van der Waals surface area (Å²) in [6.45, 7) is 0. The fourth-order valence-corrected chi connectivity index (χ4v) is 3.86. The van der Waals surface area contributed by atoms with Crippen LogP contribution in [-0.2, 0) is 9.84 Å². The van der Waals surface area contributed by atoms with Crippen LogP contribution in [0.25, 0.3) is 0 Å². The van der Waals surface area contributed by atoms with Crippen molar-refractivity contribution in [3.8, 4) is 0 Å². The number of nitrogens with zero attached hydrogens (tertiary/aromatic N) is 1. The average Bonchev–Trinajstić information content (AvgIpc) is 2.57. The highest BCUT2D eigenvalue weighted by molar-refractivity contribution is 7.93. The third kappa shape index (κ3) is 2.92. The molecule has 2 aromatic rings. The number of hydrogen-bond acceptors (Lipinski definition) is 3. The molecule has 0 heterocycles. The standard InChI is InChI=1S/C18H15NO2S/c20-22(21,16-11-5-2-6-12-16)18-14-8-7-13-17(18)19-15-9-3-1-4-10-15/h1-14,18H. The molecule has 1 aliphatic rings. The monoisotopic (exact) mass is 309 g/mol. The van der Waals surface area contributed by atoms with E-state index in [0.29, 0.717) is 10.6 Å². The Kier molecular flexibility index (Phi) is 4.02. The Balaban J connectivity index is 2.03. The lowest BCUT2D eigenvalue weighted by Crippen LogP contribution is -2.28. The summed E-state index contributed by atoms with van der Waals surface area (Å²) >= 11 is 0. The van der Waals surface area contributed by atoms with E-state index in [1.54, 1.807) is 54.6 Å². The maximum Gasteiger partial charge on any atom is 0.190 e. The Hall–Kier alpha value is -2.46. The molecule has 0 saturated heterocycles. The average molecular weight is 309 g/mol. The van der Waals surface area contributed by atoms with Gasteiger partial charge in [-0.3, -0.25) is 4.99 Å². The van der Waals surface area contributed by atoms with Gasteiger partial charge in [0.15, 0.2) is 9.84 Å². The van der Waals surface area contributed by atoms with E-state index in [0.717, 1.165) is 5.69 Å². The van der Waals surface area contributed by atoms with Crippen molar-refractivity contribution >= 4 is 21.2 Å². The van der Waals surface area contributed by atoms with Gasteiger partial charge in [-0.2, -0.15) is 0 Å². The number of rotatable bonds is 3. The molecule has 4 heteroatoms. The van der Waals surface area contributed by atoms with Crippen LogP contribution >= 0.6 is 0 Å². The smallest absolute Gasteiger partial charge is 0.190 e. The van der Waals surface area contributed by atoms with Gasteiger partial charge in [-0.1, -0.05) is 54.6 Å². The number of aliphatic imine (C=N–C) groups is 1. The first-order valence-electron chi connectivity index (χ1n) is 6.95. The molecule has 110 valence electrons. The Morgan fingerprint density at radius 1 is 0.818 bits per heavy atom. The van der Waals surface area contributed by atoms with Crippen molar-refractivity contribution in [2.45, 2.75) is 10.1 Å². The molecule has 0 aromatic heterocycles. The van der Waals surface area contributed by atoms with Gasteiger partial charge in [-0.15, -0.1) is 0 Å². The van der Waals surface area contributed by atoms with E-state index in [1.807, 2.05) is 30.3 Å². The molecular weight excluding hydrogens is 294 g/mol. The largest absolute Gasteiger partial charge is 0.252 e. The second kappa shape index (κ2) is 6.12. The van der Waals surface area contributed by atoms with Gasteiger partial charge in [0.25, 0.3) is 0 Å². The maximum absolute atomic E-state index is 12.8. The Morgan fingerprint density at radius 3 is 2.14 bits per heavy atom. The van der Waals surface area contributed by atoms with Crippen LogP contribution in [0.2, 0.25) is 0 Å². The summed E-state index contributed by atoms with van der Waals surface area (Å²) in [5, 5.41) is -0.764. The van der Waals surface area contributed by atoms with Crippen LogP contribution in [0.1, 0.15) is 0 Å². The van der Waals surface area contributed by atoms with Crippen LogP contribution < -0.4 is 0 Å². The molecule has 22 heavy (non-hydrogen) atoms. The SMILES string of the molecule is O=S(=O)(c1ccccc1)C1C=CC=CC1=Nc1ccccc1. The molecule has 1 atom stereocenters. The van der Waals surface area contributed by atoms with E-state index in [9.17, 15) is 8.42 Å². The van der Waals surface area contributed by atoms with Crippen molar-refractivity contribution in [3.05, 3.63) is 85.0 Å². The first kappa shape index (κ1) is 14.5. The molecule has 0 spiro atoms. The highest BCUT2D eigenvalue weighted by Crippen LogP contribution is 2.23. The minimum Gasteiger partial charge on any atom is -0.252 e. The highest BCUT2D eigenvalue weighted by atomic mass is 32.2. The number of allylic oxidation sites excluding steroid dienone is 3. The number of para-hydroxylation sites is 1. The zero-order chi connectivity index (χ0) is 15.4. The second-order valence-electron chi connectivity index (χ2n) is 4.89. The molecule has 0 amide bonds. The molecule has 0 bridgehead atoms. The predicted octanol–water partition coefficient (Wildman–Crippen LogP) is 3.73. The quantitative estimate of drug-likeness (QED) is 0.867. The maximum atomic E-state index is 12.8. The summed E-state index contributed by atoms with van der Waals surface area (Å²) < 4.78 is 25.6. The van der Waals surface area contributed by atoms with Gasteiger partial charge in [0.05, 0.1) is 16.3 Å². The predicted molar refractivity (Wildman–Crippen MR) is 89.2 cm³/mol. The highest BCUT2D eigenvalue weighted by Gasteiger charge is 2.29. The van der Waals surface area contributed by atoms with Gasteiger partial charge < -0.3 is 0 Å². The normalized spacial score (nSPS) is 19.5. The van der Waals surface area contributed by atoms with Crippen LogP contribution in [-0.4, -0.2) is 19.4 Å². The first-order chi connectivity index (χ1) is 10.7. The summed E-state index contributed by atoms with van der Waals surface area (Å²) in [6, 6.07) is 17.8. The molecule has 0 fully saturated rings. The third-order valence-corrected chi connectivity index (χ3v) is 5.37. The van der Waals surface area contributed by atoms with E-state index in [1.165, 1.54) is 0 Å². The Morgan fingerprint density at radius 2 is 1.45 bits per heavy atom. The molecule has 3 nitrogen and oxygen atoms in total. The van der Waals surface area contributed by atoms with Crippen LogP contribution in [0, 0.1) is 0 Å². The molecule has 0 N–H and O–H groups in total. The molecule has 0 radical (unpaired) electrons. The second-order valence-corrected chi connectivity index (χ2v) is 6.96. The number of benzene rings is 2. The zero-order valence-corrected chi connectivity index (χ0v) is 12.6. The van der Waals surface area contributed by atoms with E-state index >= 15 is 0 Å². The van der Waals surface area contributed by atoms with Crippen LogP contribution in [0.15, 0.2) is 94.9 Å². The molecule has 3 rings (SSSR count). The number of sulfone groups is 1. The summed E-state index contributed by atoms with van der Waals surface area (Å²) in [5.74, 6) is 0. The number of hydrogen-bond donors (Lipinski definition) is 0. The molecule has 0 aliphatic heterocycles. The van der Waals surface area contributed by atoms with Crippen LogP contribution in [0.3, 0.4) is 0 Å². The van der Waals surface area contributed by atoms with E-state index in [-0.39, 0.29) is 0 Å². The fourth-order valence-electron chi connectivity index (χ4n) is 2.28. The Labute approximate surface area is 130 Å². The van der Waals surface area contributed by atoms with Crippen LogP contribution in [0.5, 0.6) is 0 Å². The van der Waals surface area contributed by atoms with Crippen molar-refractivity contribution < 1.29 is 8.42 Å². The van der Waals surface area contributed by atoms with E-state index in [2.05, 4.69) is 4.99 Å². The van der Waals surface area contributed by atoms with Gasteiger partial charge in [-0.25, -0.2) is 8.42 Å². The van der Waals surface area contributed by atoms with Crippen molar-refractivity contribution in [2.75, 3.05) is 0 Å². The Bertz CT molecular complexity index is 835. The summed E-state index contributed by atoms with van der Waals surface area (Å²) in [4.78, 5) is 4.80. The lowest BCUT2D eigenvalue weighted by Gasteiger charge is -2.17. The summed E-state index contributed by atoms with van der Waals surface area (Å²) in [5.41, 5.74) is 1.27. The first-order valence-corrected chi connectivity index (χ1v) is 8.50. The molecule has 0 saturated carbocycles. The van der Waals surface area contributed by atoms with Gasteiger partial charge in [0.2, 0.25) is 0 Å². The molecule has 2 aromatic carbocycles. The van der Waals surface area contributed by atoms with E-state index in [4.69, 9.17) is 0 Å². The molecular formula is C18H15NO2S.